The molecule has 12 nitrogen and oxygen atoms in total. The maximum atomic E-state index is 12.5. The van der Waals surface area contributed by atoms with Crippen molar-refractivity contribution >= 4 is 0 Å². The summed E-state index contributed by atoms with van der Waals surface area (Å²) in [5.41, 5.74) is 0.297. The predicted octanol–water partition coefficient (Wildman–Crippen LogP) is -2.83. The number of ether oxygens (including phenoxy) is 4. The lowest BCUT2D eigenvalue weighted by Gasteiger charge is -2.42. The molecule has 7 N–H and O–H groups in total. The molecule has 2 heterocycles. The Balaban J connectivity index is 1.71. The van der Waals surface area contributed by atoms with E-state index in [-0.39, 0.29) is 11.7 Å². The van der Waals surface area contributed by atoms with Gasteiger partial charge in [-0.05, 0) is 23.6 Å². The lowest BCUT2D eigenvalue weighted by Crippen LogP contribution is -2.62. The molecular weight excluding hydrogens is 456 g/mol. The van der Waals surface area contributed by atoms with Crippen molar-refractivity contribution in [3.63, 3.8) is 0 Å². The van der Waals surface area contributed by atoms with E-state index in [1.54, 1.807) is 12.1 Å². The summed E-state index contributed by atoms with van der Waals surface area (Å²) >= 11 is 0. The van der Waals surface area contributed by atoms with Gasteiger partial charge in [-0.25, -0.2) is 0 Å². The zero-order chi connectivity index (χ0) is 25.2. The van der Waals surface area contributed by atoms with E-state index in [1.165, 1.54) is 12.1 Å². The first-order valence-corrected chi connectivity index (χ1v) is 11.0. The summed E-state index contributed by atoms with van der Waals surface area (Å²) in [5.74, 6) is -0.0569. The van der Waals surface area contributed by atoms with E-state index in [0.29, 0.717) is 0 Å². The van der Waals surface area contributed by atoms with Crippen molar-refractivity contribution in [2.24, 2.45) is 0 Å². The summed E-state index contributed by atoms with van der Waals surface area (Å²) in [6.45, 7) is 2.68. The first-order chi connectivity index (χ1) is 16.0. The minimum Gasteiger partial charge on any atom is -0.458 e. The Kier molecular flexibility index (Phi) is 8.98. The van der Waals surface area contributed by atoms with Crippen LogP contribution in [0.1, 0.15) is 25.3 Å². The van der Waals surface area contributed by atoms with Crippen molar-refractivity contribution in [2.75, 3.05) is 13.2 Å². The minimum absolute atomic E-state index is 0.0883. The smallest absolute Gasteiger partial charge is 0.229 e. The molecule has 0 spiro atoms. The van der Waals surface area contributed by atoms with Crippen molar-refractivity contribution in [1.82, 2.24) is 0 Å². The minimum atomic E-state index is -1.72. The molecule has 0 saturated carbocycles. The Morgan fingerprint density at radius 3 is 2.06 bits per heavy atom. The standard InChI is InChI=1S/C22H32O12/c1-9(2)10-4-3-5-12(11(24)6-10)32-22-20(30)18(28)16(26)14(34-22)8-31-21-19(29)17(27)15(25)13(7-23)33-21/h3-6,9,13-23,25-30H,7-8H2,1-2H3/t13-,14-,15-,16-,17+,18+,19-,20-,21-,22-/m1/s1. The van der Waals surface area contributed by atoms with Crippen LogP contribution in [-0.2, 0) is 14.2 Å². The highest BCUT2D eigenvalue weighted by Crippen LogP contribution is 2.26. The van der Waals surface area contributed by atoms with Gasteiger partial charge in [0, 0.05) is 0 Å². The maximum Gasteiger partial charge on any atom is 0.229 e. The fraction of sp³-hybridized carbons (Fsp3) is 0.682. The molecule has 2 aliphatic rings. The van der Waals surface area contributed by atoms with Crippen LogP contribution >= 0.6 is 0 Å². The molecule has 2 aliphatic heterocycles. The second-order valence-corrected chi connectivity index (χ2v) is 8.72. The third-order valence-electron chi connectivity index (χ3n) is 5.93. The van der Waals surface area contributed by atoms with Crippen LogP contribution in [0, 0.1) is 0 Å². The van der Waals surface area contributed by atoms with Crippen molar-refractivity contribution in [1.29, 1.82) is 0 Å². The van der Waals surface area contributed by atoms with E-state index in [1.807, 2.05) is 13.8 Å². The molecule has 0 aliphatic carbocycles. The molecule has 1 aromatic rings. The van der Waals surface area contributed by atoms with Crippen molar-refractivity contribution in [3.8, 4) is 5.75 Å². The zero-order valence-electron chi connectivity index (χ0n) is 18.7. The van der Waals surface area contributed by atoms with E-state index < -0.39 is 80.1 Å². The van der Waals surface area contributed by atoms with Gasteiger partial charge in [-0.1, -0.05) is 26.0 Å². The first kappa shape index (κ1) is 26.9. The fourth-order valence-corrected chi connectivity index (χ4v) is 3.73. The van der Waals surface area contributed by atoms with E-state index in [4.69, 9.17) is 18.9 Å². The summed E-state index contributed by atoms with van der Waals surface area (Å²) in [5, 5.41) is 69.9. The van der Waals surface area contributed by atoms with Gasteiger partial charge >= 0.3 is 0 Å². The monoisotopic (exact) mass is 488 g/mol. The molecule has 10 atom stereocenters. The summed E-state index contributed by atoms with van der Waals surface area (Å²) in [6.07, 6.45) is -15.5. The summed E-state index contributed by atoms with van der Waals surface area (Å²) in [7, 11) is 0. The van der Waals surface area contributed by atoms with Crippen molar-refractivity contribution < 1.29 is 54.7 Å². The third-order valence-corrected chi connectivity index (χ3v) is 5.93. The van der Waals surface area contributed by atoms with Gasteiger partial charge in [-0.15, -0.1) is 0 Å². The average molecular weight is 488 g/mol. The Hall–Kier alpha value is -1.71. The molecule has 0 unspecified atom stereocenters. The van der Waals surface area contributed by atoms with Crippen LogP contribution in [0.4, 0.5) is 0 Å². The van der Waals surface area contributed by atoms with Crippen LogP contribution in [-0.4, -0.2) is 110 Å². The average Bonchev–Trinajstić information content (AvgIpc) is 2.99. The normalized spacial score (nSPS) is 38.6. The van der Waals surface area contributed by atoms with Gasteiger partial charge in [0.05, 0.1) is 13.2 Å². The van der Waals surface area contributed by atoms with Crippen LogP contribution in [0.2, 0.25) is 0 Å². The molecule has 0 amide bonds. The maximum absolute atomic E-state index is 12.5. The molecule has 12 heteroatoms. The molecule has 192 valence electrons. The van der Waals surface area contributed by atoms with Gasteiger partial charge in [0.2, 0.25) is 11.7 Å². The fourth-order valence-electron chi connectivity index (χ4n) is 3.73. The lowest BCUT2D eigenvalue weighted by molar-refractivity contribution is -0.323. The molecule has 1 aromatic carbocycles. The van der Waals surface area contributed by atoms with E-state index in [9.17, 15) is 40.5 Å². The van der Waals surface area contributed by atoms with Gasteiger partial charge < -0.3 is 54.7 Å². The Bertz CT molecular complexity index is 864. The van der Waals surface area contributed by atoms with Crippen LogP contribution in [0.15, 0.2) is 29.1 Å². The van der Waals surface area contributed by atoms with Gasteiger partial charge in [0.25, 0.3) is 0 Å². The number of aliphatic hydroxyl groups is 7. The highest BCUT2D eigenvalue weighted by atomic mass is 16.7. The summed E-state index contributed by atoms with van der Waals surface area (Å²) in [6, 6.07) is 6.13. The molecule has 0 bridgehead atoms. The number of rotatable bonds is 7. The second kappa shape index (κ2) is 11.4. The van der Waals surface area contributed by atoms with Crippen LogP contribution in [0.5, 0.6) is 5.75 Å². The van der Waals surface area contributed by atoms with Gasteiger partial charge in [0.15, 0.2) is 12.0 Å². The number of aliphatic hydroxyl groups excluding tert-OH is 7. The SMILES string of the molecule is CC(C)c1cccc(O[C@@H]2O[C@H](CO[C@@H]3O[C@H](CO)[C@@H](O)[C@H](O)[C@H]3O)[C@@H](O)[C@H](O)[C@H]2O)c(=O)c1. The Morgan fingerprint density at radius 1 is 0.853 bits per heavy atom. The predicted molar refractivity (Wildman–Crippen MR) is 114 cm³/mol. The van der Waals surface area contributed by atoms with E-state index in [0.717, 1.165) is 5.56 Å². The van der Waals surface area contributed by atoms with Crippen molar-refractivity contribution in [3.05, 3.63) is 40.1 Å². The van der Waals surface area contributed by atoms with Crippen molar-refractivity contribution in [2.45, 2.75) is 81.2 Å². The van der Waals surface area contributed by atoms with Gasteiger partial charge in [-0.2, -0.15) is 0 Å². The summed E-state index contributed by atoms with van der Waals surface area (Å²) in [4.78, 5) is 12.5. The molecule has 2 fully saturated rings. The Morgan fingerprint density at radius 2 is 1.44 bits per heavy atom. The quantitative estimate of drug-likeness (QED) is 0.208. The molecule has 3 rings (SSSR count). The van der Waals surface area contributed by atoms with Gasteiger partial charge in [0.1, 0.15) is 48.8 Å². The van der Waals surface area contributed by atoms with E-state index >= 15 is 0 Å². The number of hydrogen-bond acceptors (Lipinski definition) is 12. The highest BCUT2D eigenvalue weighted by molar-refractivity contribution is 5.27. The van der Waals surface area contributed by atoms with Crippen LogP contribution in [0.3, 0.4) is 0 Å². The van der Waals surface area contributed by atoms with Gasteiger partial charge in [-0.3, -0.25) is 4.79 Å². The Labute approximate surface area is 195 Å². The lowest BCUT2D eigenvalue weighted by atomic mass is 9.98. The number of hydrogen-bond donors (Lipinski definition) is 7. The molecular formula is C22H32O12. The third kappa shape index (κ3) is 5.74. The molecule has 0 radical (unpaired) electrons. The topological polar surface area (TPSA) is 196 Å². The molecule has 34 heavy (non-hydrogen) atoms. The largest absolute Gasteiger partial charge is 0.458 e. The zero-order valence-corrected chi connectivity index (χ0v) is 18.7. The molecule has 2 saturated heterocycles. The van der Waals surface area contributed by atoms with Crippen LogP contribution < -0.4 is 10.2 Å². The first-order valence-electron chi connectivity index (χ1n) is 11.0. The highest BCUT2D eigenvalue weighted by Gasteiger charge is 2.47. The van der Waals surface area contributed by atoms with E-state index in [2.05, 4.69) is 0 Å². The molecule has 0 aromatic heterocycles. The second-order valence-electron chi connectivity index (χ2n) is 8.72. The van der Waals surface area contributed by atoms with Crippen LogP contribution in [0.25, 0.3) is 0 Å². The summed E-state index contributed by atoms with van der Waals surface area (Å²) < 4.78 is 21.7.